The Morgan fingerprint density at radius 3 is 2.35 bits per heavy atom. The van der Waals surface area contributed by atoms with E-state index >= 15 is 0 Å². The number of benzene rings is 2. The van der Waals surface area contributed by atoms with E-state index < -0.39 is 17.4 Å². The van der Waals surface area contributed by atoms with Crippen molar-refractivity contribution in [1.82, 2.24) is 0 Å². The second-order valence-electron chi connectivity index (χ2n) is 9.73. The largest absolute Gasteiger partial charge is 0.375 e. The molecule has 4 nitrogen and oxygen atoms in total. The highest BCUT2D eigenvalue weighted by Gasteiger charge is 2.58. The highest BCUT2D eigenvalue weighted by atomic mass is 35.5. The molecule has 0 saturated heterocycles. The molecular formula is C25H27Cl2NO3. The number of anilines is 1. The first-order chi connectivity index (χ1) is 14.5. The molecule has 1 amide bonds. The Hall–Kier alpha value is -1.88. The lowest BCUT2D eigenvalue weighted by atomic mass is 9.63. The lowest BCUT2D eigenvalue weighted by Gasteiger charge is -2.41. The second kappa shape index (κ2) is 7.91. The van der Waals surface area contributed by atoms with Crippen LogP contribution in [0.5, 0.6) is 0 Å². The minimum atomic E-state index is -1.88. The molecule has 2 aromatic rings. The van der Waals surface area contributed by atoms with E-state index in [-0.39, 0.29) is 23.7 Å². The number of para-hydroxylation sites is 1. The van der Waals surface area contributed by atoms with Crippen molar-refractivity contribution < 1.29 is 14.7 Å². The van der Waals surface area contributed by atoms with Crippen molar-refractivity contribution in [2.75, 3.05) is 4.90 Å². The predicted octanol–water partition coefficient (Wildman–Crippen LogP) is 5.76. The van der Waals surface area contributed by atoms with E-state index in [9.17, 15) is 14.7 Å². The zero-order valence-electron chi connectivity index (χ0n) is 18.0. The summed E-state index contributed by atoms with van der Waals surface area (Å²) in [5.41, 5.74) is -0.208. The number of ketones is 1. The molecule has 0 unspecified atom stereocenters. The topological polar surface area (TPSA) is 57.6 Å². The summed E-state index contributed by atoms with van der Waals surface area (Å²) in [6.45, 7) is 6.56. The maximum absolute atomic E-state index is 13.7. The average molecular weight is 460 g/mol. The molecule has 0 aromatic heterocycles. The number of hydrogen-bond donors (Lipinski definition) is 1. The Balaban J connectivity index is 1.77. The van der Waals surface area contributed by atoms with Crippen LogP contribution in [-0.2, 0) is 21.7 Å². The highest BCUT2D eigenvalue weighted by Crippen LogP contribution is 2.51. The Morgan fingerprint density at radius 1 is 1.06 bits per heavy atom. The van der Waals surface area contributed by atoms with Crippen molar-refractivity contribution in [2.24, 2.45) is 17.3 Å². The number of aliphatic hydroxyl groups is 1. The van der Waals surface area contributed by atoms with Gasteiger partial charge in [-0.25, -0.2) is 0 Å². The number of rotatable bonds is 3. The molecule has 164 valence electrons. The number of fused-ring (bicyclic) bond motifs is 1. The molecule has 1 saturated carbocycles. The average Bonchev–Trinajstić information content (AvgIpc) is 2.93. The maximum Gasteiger partial charge on any atom is 0.264 e. The summed E-state index contributed by atoms with van der Waals surface area (Å²) in [5, 5.41) is 12.8. The number of hydrogen-bond acceptors (Lipinski definition) is 3. The summed E-state index contributed by atoms with van der Waals surface area (Å²) in [6, 6.07) is 12.3. The van der Waals surface area contributed by atoms with Crippen LogP contribution >= 0.6 is 23.2 Å². The van der Waals surface area contributed by atoms with E-state index in [0.29, 0.717) is 39.7 Å². The van der Waals surface area contributed by atoms with Gasteiger partial charge in [0, 0.05) is 27.6 Å². The van der Waals surface area contributed by atoms with Crippen LogP contribution in [0.2, 0.25) is 10.0 Å². The molecule has 31 heavy (non-hydrogen) atoms. The zero-order chi connectivity index (χ0) is 22.6. The fourth-order valence-corrected chi connectivity index (χ4v) is 5.53. The third-order valence-electron chi connectivity index (χ3n) is 6.93. The first-order valence-corrected chi connectivity index (χ1v) is 11.4. The van der Waals surface area contributed by atoms with Crippen LogP contribution in [0.1, 0.15) is 51.2 Å². The first kappa shape index (κ1) is 22.3. The Labute approximate surface area is 193 Å². The van der Waals surface area contributed by atoms with Crippen molar-refractivity contribution in [3.63, 3.8) is 0 Å². The van der Waals surface area contributed by atoms with Crippen LogP contribution in [0.4, 0.5) is 5.69 Å². The summed E-state index contributed by atoms with van der Waals surface area (Å²) in [4.78, 5) is 28.3. The lowest BCUT2D eigenvalue weighted by molar-refractivity contribution is -0.154. The number of Topliss-reactive ketones (excluding diaryl/α,β-unsaturated/α-hetero) is 1. The smallest absolute Gasteiger partial charge is 0.264 e. The Kier molecular flexibility index (Phi) is 5.70. The quantitative estimate of drug-likeness (QED) is 0.634. The molecule has 3 atom stereocenters. The van der Waals surface area contributed by atoms with E-state index in [2.05, 4.69) is 20.8 Å². The van der Waals surface area contributed by atoms with Gasteiger partial charge in [0.2, 0.25) is 0 Å². The molecule has 1 aliphatic heterocycles. The van der Waals surface area contributed by atoms with E-state index in [4.69, 9.17) is 23.2 Å². The van der Waals surface area contributed by atoms with Gasteiger partial charge in [-0.05, 0) is 42.4 Å². The van der Waals surface area contributed by atoms with Crippen LogP contribution < -0.4 is 4.90 Å². The van der Waals surface area contributed by atoms with Gasteiger partial charge in [-0.1, -0.05) is 68.2 Å². The molecule has 2 aromatic carbocycles. The van der Waals surface area contributed by atoms with Gasteiger partial charge in [0.05, 0.1) is 18.2 Å². The van der Waals surface area contributed by atoms with Gasteiger partial charge in [0.25, 0.3) is 5.91 Å². The molecular weight excluding hydrogens is 433 g/mol. The molecule has 1 N–H and O–H groups in total. The summed E-state index contributed by atoms with van der Waals surface area (Å²) >= 11 is 12.7. The van der Waals surface area contributed by atoms with E-state index in [0.717, 1.165) is 6.42 Å². The lowest BCUT2D eigenvalue weighted by Crippen LogP contribution is -2.51. The normalized spacial score (nSPS) is 26.3. The monoisotopic (exact) mass is 459 g/mol. The number of carbonyl (C=O) groups is 2. The Bertz CT molecular complexity index is 1030. The van der Waals surface area contributed by atoms with Crippen molar-refractivity contribution in [3.05, 3.63) is 63.6 Å². The van der Waals surface area contributed by atoms with Crippen molar-refractivity contribution in [3.8, 4) is 0 Å². The third-order valence-corrected chi connectivity index (χ3v) is 7.64. The fraction of sp³-hybridized carbons (Fsp3) is 0.440. The number of carbonyl (C=O) groups excluding carboxylic acids is 2. The summed E-state index contributed by atoms with van der Waals surface area (Å²) in [7, 11) is 0. The highest BCUT2D eigenvalue weighted by molar-refractivity contribution is 6.36. The predicted molar refractivity (Wildman–Crippen MR) is 123 cm³/mol. The van der Waals surface area contributed by atoms with Crippen LogP contribution in [0.15, 0.2) is 42.5 Å². The minimum absolute atomic E-state index is 0.0126. The Morgan fingerprint density at radius 2 is 1.71 bits per heavy atom. The van der Waals surface area contributed by atoms with E-state index in [1.54, 1.807) is 36.4 Å². The molecule has 0 spiro atoms. The van der Waals surface area contributed by atoms with Gasteiger partial charge in [-0.3, -0.25) is 9.59 Å². The number of amides is 1. The van der Waals surface area contributed by atoms with Crippen molar-refractivity contribution in [2.45, 2.75) is 52.2 Å². The number of halogens is 2. The van der Waals surface area contributed by atoms with E-state index in [1.165, 1.54) is 4.90 Å². The summed E-state index contributed by atoms with van der Waals surface area (Å²) < 4.78 is 0. The van der Waals surface area contributed by atoms with Gasteiger partial charge >= 0.3 is 0 Å². The molecule has 2 aliphatic rings. The SMILES string of the molecule is CC(C)(C)[C@@H]1CCC(=O)[C@@H]([C@@]2(O)C(=O)N(Cc3c(Cl)cccc3Cl)c3ccccc32)C1. The first-order valence-electron chi connectivity index (χ1n) is 10.6. The minimum Gasteiger partial charge on any atom is -0.375 e. The van der Waals surface area contributed by atoms with Crippen LogP contribution in [-0.4, -0.2) is 16.8 Å². The van der Waals surface area contributed by atoms with Gasteiger partial charge in [-0.15, -0.1) is 0 Å². The molecule has 0 bridgehead atoms. The van der Waals surface area contributed by atoms with Crippen LogP contribution in [0, 0.1) is 17.3 Å². The maximum atomic E-state index is 13.7. The molecule has 1 aliphatic carbocycles. The van der Waals surface area contributed by atoms with Gasteiger partial charge in [-0.2, -0.15) is 0 Å². The third kappa shape index (κ3) is 3.69. The van der Waals surface area contributed by atoms with Crippen LogP contribution in [0.3, 0.4) is 0 Å². The molecule has 1 fully saturated rings. The molecule has 1 heterocycles. The van der Waals surface area contributed by atoms with Gasteiger partial charge in [0.15, 0.2) is 5.60 Å². The van der Waals surface area contributed by atoms with Crippen LogP contribution in [0.25, 0.3) is 0 Å². The summed E-state index contributed by atoms with van der Waals surface area (Å²) in [6.07, 6.45) is 1.64. The molecule has 4 rings (SSSR count). The van der Waals surface area contributed by atoms with Gasteiger partial charge in [0.1, 0.15) is 5.78 Å². The van der Waals surface area contributed by atoms with Crippen molar-refractivity contribution >= 4 is 40.6 Å². The zero-order valence-corrected chi connectivity index (χ0v) is 19.5. The van der Waals surface area contributed by atoms with E-state index in [1.807, 2.05) is 6.07 Å². The molecule has 6 heteroatoms. The van der Waals surface area contributed by atoms with Gasteiger partial charge < -0.3 is 10.0 Å². The number of nitrogens with zero attached hydrogens (tertiary/aromatic N) is 1. The summed E-state index contributed by atoms with van der Waals surface area (Å²) in [5.74, 6) is -1.07. The fourth-order valence-electron chi connectivity index (χ4n) is 5.01. The molecule has 0 radical (unpaired) electrons. The van der Waals surface area contributed by atoms with Crippen molar-refractivity contribution in [1.29, 1.82) is 0 Å². The second-order valence-corrected chi connectivity index (χ2v) is 10.5. The standard InChI is InChI=1S/C25H27Cl2NO3/c1-24(2,3)15-11-12-22(29)18(13-15)25(31)17-7-4-5-10-21(17)28(23(25)30)14-16-19(26)8-6-9-20(16)27/h4-10,15,18,31H,11-14H2,1-3H3/t15-,18+,25-/m1/s1.